The molecule has 2 rings (SSSR count). The molecule has 0 atom stereocenters. The summed E-state index contributed by atoms with van der Waals surface area (Å²) < 4.78 is 0. The summed E-state index contributed by atoms with van der Waals surface area (Å²) in [7, 11) is 0. The lowest BCUT2D eigenvalue weighted by Gasteiger charge is -1.90. The van der Waals surface area contributed by atoms with Crippen molar-refractivity contribution in [3.05, 3.63) is 18.2 Å². The average molecular weight is 169 g/mol. The first-order valence-electron chi connectivity index (χ1n) is 3.11. The molecule has 2 aromatic heterocycles. The van der Waals surface area contributed by atoms with Crippen LogP contribution in [0, 0.1) is 0 Å². The van der Waals surface area contributed by atoms with Crippen LogP contribution in [-0.2, 0) is 5.88 Å². The molecular weight excluding hydrogens is 164 g/mol. The lowest BCUT2D eigenvalue weighted by Crippen LogP contribution is -1.88. The van der Waals surface area contributed by atoms with Crippen LogP contribution >= 0.6 is 11.6 Å². The number of nitrogens with zero attached hydrogens (tertiary/aromatic N) is 3. The van der Waals surface area contributed by atoms with Crippen molar-refractivity contribution >= 4 is 22.9 Å². The minimum absolute atomic E-state index is 0.377. The van der Waals surface area contributed by atoms with Gasteiger partial charge in [0.05, 0.1) is 24.1 Å². The van der Waals surface area contributed by atoms with Crippen LogP contribution in [0.2, 0.25) is 0 Å². The van der Waals surface area contributed by atoms with E-state index in [0.717, 1.165) is 5.69 Å². The van der Waals surface area contributed by atoms with Gasteiger partial charge in [0.15, 0.2) is 11.3 Å². The van der Waals surface area contributed by atoms with Crippen molar-refractivity contribution in [1.29, 1.82) is 0 Å². The quantitative estimate of drug-likeness (QED) is 0.649. The molecule has 0 saturated heterocycles. The van der Waals surface area contributed by atoms with Gasteiger partial charge >= 0.3 is 0 Å². The van der Waals surface area contributed by atoms with Crippen LogP contribution in [0.3, 0.4) is 0 Å². The number of alkyl halides is 1. The van der Waals surface area contributed by atoms with Crippen LogP contribution in [0.4, 0.5) is 0 Å². The van der Waals surface area contributed by atoms with Crippen molar-refractivity contribution in [3.8, 4) is 0 Å². The molecule has 0 radical (unpaired) electrons. The molecule has 0 unspecified atom stereocenters. The Balaban J connectivity index is 2.67. The summed E-state index contributed by atoms with van der Waals surface area (Å²) in [4.78, 5) is 14.9. The van der Waals surface area contributed by atoms with Crippen molar-refractivity contribution in [2.45, 2.75) is 5.88 Å². The van der Waals surface area contributed by atoms with Crippen LogP contribution < -0.4 is 0 Å². The number of rotatable bonds is 1. The summed E-state index contributed by atoms with van der Waals surface area (Å²) in [6.45, 7) is 0. The molecule has 56 valence electrons. The summed E-state index contributed by atoms with van der Waals surface area (Å²) in [5, 5.41) is 0. The number of halogens is 1. The first-order chi connectivity index (χ1) is 5.40. The Kier molecular flexibility index (Phi) is 1.47. The third kappa shape index (κ3) is 1.05. The maximum atomic E-state index is 5.56. The smallest absolute Gasteiger partial charge is 0.197 e. The molecule has 4 nitrogen and oxygen atoms in total. The van der Waals surface area contributed by atoms with E-state index in [1.807, 2.05) is 0 Å². The van der Waals surface area contributed by atoms with E-state index in [9.17, 15) is 0 Å². The van der Waals surface area contributed by atoms with E-state index in [-0.39, 0.29) is 0 Å². The number of aromatic amines is 1. The molecule has 2 aromatic rings. The SMILES string of the molecule is ClCc1cnc2nc[nH]c2n1. The fourth-order valence-electron chi connectivity index (χ4n) is 0.830. The monoisotopic (exact) mass is 168 g/mol. The van der Waals surface area contributed by atoms with Gasteiger partial charge in [-0.3, -0.25) is 0 Å². The first-order valence-corrected chi connectivity index (χ1v) is 3.64. The van der Waals surface area contributed by atoms with Crippen molar-refractivity contribution in [1.82, 2.24) is 19.9 Å². The number of aromatic nitrogens is 4. The largest absolute Gasteiger partial charge is 0.328 e. The highest BCUT2D eigenvalue weighted by atomic mass is 35.5. The normalized spacial score (nSPS) is 10.6. The molecule has 0 fully saturated rings. The summed E-state index contributed by atoms with van der Waals surface area (Å²) in [5.41, 5.74) is 2.06. The van der Waals surface area contributed by atoms with Crippen molar-refractivity contribution in [2.24, 2.45) is 0 Å². The molecule has 0 aliphatic heterocycles. The van der Waals surface area contributed by atoms with E-state index in [1.54, 1.807) is 12.5 Å². The van der Waals surface area contributed by atoms with Crippen molar-refractivity contribution in [3.63, 3.8) is 0 Å². The Bertz CT molecular complexity index is 369. The first kappa shape index (κ1) is 6.54. The number of imidazole rings is 1. The molecule has 2 heterocycles. The van der Waals surface area contributed by atoms with Crippen molar-refractivity contribution in [2.75, 3.05) is 0 Å². The average Bonchev–Trinajstić information content (AvgIpc) is 2.50. The molecule has 0 saturated carbocycles. The van der Waals surface area contributed by atoms with Crippen LogP contribution in [0.1, 0.15) is 5.69 Å². The molecule has 0 spiro atoms. The summed E-state index contributed by atoms with van der Waals surface area (Å²) in [6.07, 6.45) is 3.18. The fraction of sp³-hybridized carbons (Fsp3) is 0.167. The van der Waals surface area contributed by atoms with Crippen molar-refractivity contribution < 1.29 is 0 Å². The zero-order valence-electron chi connectivity index (χ0n) is 5.58. The Labute approximate surface area is 67.6 Å². The topological polar surface area (TPSA) is 54.5 Å². The zero-order chi connectivity index (χ0) is 7.68. The summed E-state index contributed by atoms with van der Waals surface area (Å²) in [5.74, 6) is 0.377. The second-order valence-corrected chi connectivity index (χ2v) is 2.34. The maximum absolute atomic E-state index is 5.56. The van der Waals surface area contributed by atoms with E-state index >= 15 is 0 Å². The van der Waals surface area contributed by atoms with E-state index in [1.165, 1.54) is 0 Å². The second-order valence-electron chi connectivity index (χ2n) is 2.07. The van der Waals surface area contributed by atoms with Gasteiger partial charge in [-0.2, -0.15) is 0 Å². The molecule has 0 bridgehead atoms. The van der Waals surface area contributed by atoms with E-state index in [4.69, 9.17) is 11.6 Å². The molecule has 11 heavy (non-hydrogen) atoms. The Morgan fingerprint density at radius 1 is 1.45 bits per heavy atom. The molecule has 0 aromatic carbocycles. The van der Waals surface area contributed by atoms with Crippen LogP contribution in [0.15, 0.2) is 12.5 Å². The number of fused-ring (bicyclic) bond motifs is 1. The lowest BCUT2D eigenvalue weighted by molar-refractivity contribution is 1.14. The lowest BCUT2D eigenvalue weighted by atomic mass is 10.5. The Morgan fingerprint density at radius 2 is 2.36 bits per heavy atom. The van der Waals surface area contributed by atoms with Gasteiger partial charge in [-0.15, -0.1) is 11.6 Å². The molecule has 0 aliphatic carbocycles. The van der Waals surface area contributed by atoms with Gasteiger partial charge < -0.3 is 4.98 Å². The molecule has 1 N–H and O–H groups in total. The number of H-pyrrole nitrogens is 1. The number of hydrogen-bond acceptors (Lipinski definition) is 3. The number of nitrogens with one attached hydrogen (secondary N) is 1. The van der Waals surface area contributed by atoms with Gasteiger partial charge in [-0.25, -0.2) is 15.0 Å². The van der Waals surface area contributed by atoms with Gasteiger partial charge in [0.1, 0.15) is 0 Å². The van der Waals surface area contributed by atoms with Crippen LogP contribution in [0.25, 0.3) is 11.3 Å². The third-order valence-corrected chi connectivity index (χ3v) is 1.60. The predicted molar refractivity (Wildman–Crippen MR) is 41.2 cm³/mol. The molecule has 5 heteroatoms. The highest BCUT2D eigenvalue weighted by Crippen LogP contribution is 2.04. The molecule has 0 aliphatic rings. The molecule has 0 amide bonds. The Hall–Kier alpha value is -1.16. The highest BCUT2D eigenvalue weighted by Gasteiger charge is 1.98. The van der Waals surface area contributed by atoms with E-state index < -0.39 is 0 Å². The van der Waals surface area contributed by atoms with Crippen LogP contribution in [0.5, 0.6) is 0 Å². The third-order valence-electron chi connectivity index (χ3n) is 1.33. The summed E-state index contributed by atoms with van der Waals surface area (Å²) in [6, 6.07) is 0. The van der Waals surface area contributed by atoms with Gasteiger partial charge in [0, 0.05) is 0 Å². The summed E-state index contributed by atoms with van der Waals surface area (Å²) >= 11 is 5.56. The predicted octanol–water partition coefficient (Wildman–Crippen LogP) is 1.09. The van der Waals surface area contributed by atoms with E-state index in [2.05, 4.69) is 19.9 Å². The van der Waals surface area contributed by atoms with E-state index in [0.29, 0.717) is 17.2 Å². The maximum Gasteiger partial charge on any atom is 0.197 e. The minimum atomic E-state index is 0.377. The molecular formula is C6H5ClN4. The standard InChI is InChI=1S/C6H5ClN4/c7-1-4-2-8-5-6(11-4)10-3-9-5/h2-3H,1H2,(H,8,9,10,11). The fourth-order valence-corrected chi connectivity index (χ4v) is 0.958. The Morgan fingerprint density at radius 3 is 3.18 bits per heavy atom. The van der Waals surface area contributed by atoms with Gasteiger partial charge in [0.2, 0.25) is 0 Å². The minimum Gasteiger partial charge on any atom is -0.328 e. The zero-order valence-corrected chi connectivity index (χ0v) is 6.34. The van der Waals surface area contributed by atoms with Gasteiger partial charge in [-0.1, -0.05) is 0 Å². The second kappa shape index (κ2) is 2.47. The van der Waals surface area contributed by atoms with Gasteiger partial charge in [0.25, 0.3) is 0 Å². The van der Waals surface area contributed by atoms with Gasteiger partial charge in [-0.05, 0) is 0 Å². The number of hydrogen-bond donors (Lipinski definition) is 1. The highest BCUT2D eigenvalue weighted by molar-refractivity contribution is 6.16. The van der Waals surface area contributed by atoms with Crippen LogP contribution in [-0.4, -0.2) is 19.9 Å².